The van der Waals surface area contributed by atoms with Crippen LogP contribution in [0.25, 0.3) is 0 Å². The summed E-state index contributed by atoms with van der Waals surface area (Å²) in [6, 6.07) is 11.7. The van der Waals surface area contributed by atoms with E-state index in [-0.39, 0.29) is 23.8 Å². The van der Waals surface area contributed by atoms with Crippen molar-refractivity contribution in [3.05, 3.63) is 53.4 Å². The summed E-state index contributed by atoms with van der Waals surface area (Å²) in [5, 5.41) is 3.94. The number of rotatable bonds is 5. The van der Waals surface area contributed by atoms with Crippen molar-refractivity contribution in [1.29, 1.82) is 0 Å². The van der Waals surface area contributed by atoms with Gasteiger partial charge in [0.15, 0.2) is 5.69 Å². The van der Waals surface area contributed by atoms with Gasteiger partial charge in [0.2, 0.25) is 5.91 Å². The Morgan fingerprint density at radius 3 is 2.67 bits per heavy atom. The first-order valence-electron chi connectivity index (χ1n) is 9.58. The maximum absolute atomic E-state index is 12.9. The number of nitrogens with zero attached hydrogens (tertiary/aromatic N) is 3. The molecular formula is C21H27N3O3. The molecule has 1 aliphatic heterocycles. The fourth-order valence-corrected chi connectivity index (χ4v) is 3.38. The molecule has 1 aromatic heterocycles. The van der Waals surface area contributed by atoms with E-state index in [9.17, 15) is 9.59 Å². The smallest absolute Gasteiger partial charge is 0.276 e. The monoisotopic (exact) mass is 369 g/mol. The van der Waals surface area contributed by atoms with Crippen LogP contribution in [0, 0.1) is 0 Å². The Hall–Kier alpha value is -2.63. The van der Waals surface area contributed by atoms with Crippen LogP contribution in [0.5, 0.6) is 0 Å². The van der Waals surface area contributed by atoms with E-state index < -0.39 is 0 Å². The summed E-state index contributed by atoms with van der Waals surface area (Å²) in [6.45, 7) is 7.53. The molecule has 0 radical (unpaired) electrons. The lowest BCUT2D eigenvalue weighted by Gasteiger charge is -2.31. The lowest BCUT2D eigenvalue weighted by Crippen LogP contribution is -2.43. The van der Waals surface area contributed by atoms with Crippen molar-refractivity contribution in [2.45, 2.75) is 52.1 Å². The molecule has 0 bridgehead atoms. The number of benzene rings is 1. The number of hydrogen-bond donors (Lipinski definition) is 0. The summed E-state index contributed by atoms with van der Waals surface area (Å²) in [7, 11) is 0. The molecule has 144 valence electrons. The van der Waals surface area contributed by atoms with Gasteiger partial charge >= 0.3 is 0 Å². The van der Waals surface area contributed by atoms with Crippen molar-refractivity contribution in [2.75, 3.05) is 13.1 Å². The zero-order chi connectivity index (χ0) is 19.4. The third-order valence-electron chi connectivity index (χ3n) is 5.06. The predicted octanol–water partition coefficient (Wildman–Crippen LogP) is 3.45. The van der Waals surface area contributed by atoms with Gasteiger partial charge in [0.25, 0.3) is 5.91 Å². The standard InChI is InChI=1S/C21H27N3O3/c1-4-17-14-23(21(26)18-12-19(15(2)3)27-22-18)11-10-20(25)24(17)13-16-8-6-5-7-9-16/h5-9,12,15,17H,4,10-11,13-14H2,1-3H3/t17-/m1/s1. The zero-order valence-electron chi connectivity index (χ0n) is 16.2. The highest BCUT2D eigenvalue weighted by Gasteiger charge is 2.32. The Kier molecular flexibility index (Phi) is 5.94. The van der Waals surface area contributed by atoms with Crippen LogP contribution in [-0.2, 0) is 11.3 Å². The van der Waals surface area contributed by atoms with Crippen molar-refractivity contribution >= 4 is 11.8 Å². The first-order chi connectivity index (χ1) is 13.0. The normalized spacial score (nSPS) is 18.1. The van der Waals surface area contributed by atoms with Crippen LogP contribution in [0.1, 0.15) is 61.3 Å². The molecule has 1 aliphatic rings. The first-order valence-corrected chi connectivity index (χ1v) is 9.58. The van der Waals surface area contributed by atoms with Crippen molar-refractivity contribution in [2.24, 2.45) is 0 Å². The van der Waals surface area contributed by atoms with Gasteiger partial charge in [-0.1, -0.05) is 56.3 Å². The molecule has 2 amide bonds. The van der Waals surface area contributed by atoms with E-state index in [0.717, 1.165) is 12.0 Å². The maximum atomic E-state index is 12.9. The second kappa shape index (κ2) is 8.37. The van der Waals surface area contributed by atoms with E-state index in [1.54, 1.807) is 11.0 Å². The minimum absolute atomic E-state index is 0.0133. The number of hydrogen-bond acceptors (Lipinski definition) is 4. The quantitative estimate of drug-likeness (QED) is 0.810. The summed E-state index contributed by atoms with van der Waals surface area (Å²) in [5.41, 5.74) is 1.42. The van der Waals surface area contributed by atoms with Gasteiger partial charge in [-0.15, -0.1) is 0 Å². The second-order valence-corrected chi connectivity index (χ2v) is 7.34. The molecule has 0 saturated carbocycles. The molecule has 6 heteroatoms. The molecule has 3 rings (SSSR count). The summed E-state index contributed by atoms with van der Waals surface area (Å²) in [5.74, 6) is 0.791. The van der Waals surface area contributed by atoms with Crippen molar-refractivity contribution < 1.29 is 14.1 Å². The topological polar surface area (TPSA) is 66.7 Å². The van der Waals surface area contributed by atoms with Gasteiger partial charge in [0, 0.05) is 44.1 Å². The van der Waals surface area contributed by atoms with Crippen LogP contribution in [-0.4, -0.2) is 45.9 Å². The number of aromatic nitrogens is 1. The van der Waals surface area contributed by atoms with E-state index in [1.165, 1.54) is 0 Å². The third kappa shape index (κ3) is 4.38. The minimum Gasteiger partial charge on any atom is -0.360 e. The third-order valence-corrected chi connectivity index (χ3v) is 5.06. The van der Waals surface area contributed by atoms with Crippen LogP contribution < -0.4 is 0 Å². The van der Waals surface area contributed by atoms with Gasteiger partial charge in [-0.3, -0.25) is 9.59 Å². The molecule has 1 saturated heterocycles. The Bertz CT molecular complexity index is 785. The highest BCUT2D eigenvalue weighted by molar-refractivity contribution is 5.93. The molecule has 0 unspecified atom stereocenters. The van der Waals surface area contributed by atoms with E-state index >= 15 is 0 Å². The summed E-state index contributed by atoms with van der Waals surface area (Å²) < 4.78 is 5.27. The maximum Gasteiger partial charge on any atom is 0.276 e. The van der Waals surface area contributed by atoms with Crippen molar-refractivity contribution in [1.82, 2.24) is 15.0 Å². The fourth-order valence-electron chi connectivity index (χ4n) is 3.38. The van der Waals surface area contributed by atoms with E-state index in [2.05, 4.69) is 12.1 Å². The second-order valence-electron chi connectivity index (χ2n) is 7.34. The van der Waals surface area contributed by atoms with Crippen LogP contribution in [0.4, 0.5) is 0 Å². The first kappa shape index (κ1) is 19.1. The van der Waals surface area contributed by atoms with Crippen molar-refractivity contribution in [3.63, 3.8) is 0 Å². The highest BCUT2D eigenvalue weighted by Crippen LogP contribution is 2.21. The van der Waals surface area contributed by atoms with Gasteiger partial charge in [-0.05, 0) is 12.0 Å². The molecule has 1 fully saturated rings. The Labute approximate surface area is 160 Å². The largest absolute Gasteiger partial charge is 0.360 e. The summed E-state index contributed by atoms with van der Waals surface area (Å²) in [6.07, 6.45) is 1.11. The van der Waals surface area contributed by atoms with Crippen LogP contribution >= 0.6 is 0 Å². The SMILES string of the molecule is CC[C@@H]1CN(C(=O)c2cc(C(C)C)on2)CCC(=O)N1Cc1ccccc1. The molecule has 1 aromatic carbocycles. The number of amides is 2. The summed E-state index contributed by atoms with van der Waals surface area (Å²) in [4.78, 5) is 29.3. The van der Waals surface area contributed by atoms with Crippen molar-refractivity contribution in [3.8, 4) is 0 Å². The molecule has 0 N–H and O–H groups in total. The molecule has 6 nitrogen and oxygen atoms in total. The number of carbonyl (C=O) groups is 2. The summed E-state index contributed by atoms with van der Waals surface area (Å²) >= 11 is 0. The highest BCUT2D eigenvalue weighted by atomic mass is 16.5. The minimum atomic E-state index is -0.168. The molecule has 0 spiro atoms. The van der Waals surface area contributed by atoms with Crippen LogP contribution in [0.2, 0.25) is 0 Å². The van der Waals surface area contributed by atoms with Crippen LogP contribution in [0.15, 0.2) is 40.9 Å². The van der Waals surface area contributed by atoms with Gasteiger partial charge in [0.1, 0.15) is 5.76 Å². The Morgan fingerprint density at radius 2 is 2.04 bits per heavy atom. The number of carbonyl (C=O) groups excluding carboxylic acids is 2. The van der Waals surface area contributed by atoms with Gasteiger partial charge in [-0.25, -0.2) is 0 Å². The fraction of sp³-hybridized carbons (Fsp3) is 0.476. The van der Waals surface area contributed by atoms with E-state index in [1.807, 2.05) is 49.1 Å². The van der Waals surface area contributed by atoms with Gasteiger partial charge in [-0.2, -0.15) is 0 Å². The Morgan fingerprint density at radius 1 is 1.30 bits per heavy atom. The lowest BCUT2D eigenvalue weighted by molar-refractivity contribution is -0.133. The average molecular weight is 369 g/mol. The van der Waals surface area contributed by atoms with Gasteiger partial charge < -0.3 is 14.3 Å². The molecule has 1 atom stereocenters. The molecular weight excluding hydrogens is 342 g/mol. The van der Waals surface area contributed by atoms with Crippen LogP contribution in [0.3, 0.4) is 0 Å². The van der Waals surface area contributed by atoms with Gasteiger partial charge in [0.05, 0.1) is 0 Å². The molecule has 2 aromatic rings. The lowest BCUT2D eigenvalue weighted by atomic mass is 10.1. The predicted molar refractivity (Wildman–Crippen MR) is 102 cm³/mol. The average Bonchev–Trinajstić information content (AvgIpc) is 3.12. The molecule has 27 heavy (non-hydrogen) atoms. The Balaban J connectivity index is 1.76. The van der Waals surface area contributed by atoms with E-state index in [4.69, 9.17) is 4.52 Å². The molecule has 0 aliphatic carbocycles. The molecule has 2 heterocycles. The zero-order valence-corrected chi connectivity index (χ0v) is 16.2. The van der Waals surface area contributed by atoms with E-state index in [0.29, 0.717) is 37.5 Å².